The molecule has 0 heterocycles. The van der Waals surface area contributed by atoms with Crippen LogP contribution in [0.25, 0.3) is 0 Å². The number of carbonyl (C=O) groups is 1. The van der Waals surface area contributed by atoms with Crippen molar-refractivity contribution in [3.63, 3.8) is 0 Å². The van der Waals surface area contributed by atoms with E-state index in [0.29, 0.717) is 12.6 Å². The molecule has 102 valence electrons. The Morgan fingerprint density at radius 2 is 2.17 bits per heavy atom. The van der Waals surface area contributed by atoms with Gasteiger partial charge in [-0.2, -0.15) is 0 Å². The topological polar surface area (TPSA) is 52.6 Å². The minimum absolute atomic E-state index is 0.0491. The van der Waals surface area contributed by atoms with Crippen LogP contribution in [0.1, 0.15) is 39.0 Å². The van der Waals surface area contributed by atoms with Crippen LogP contribution >= 0.6 is 0 Å². The number of aliphatic hydroxyl groups is 1. The van der Waals surface area contributed by atoms with E-state index in [4.69, 9.17) is 11.5 Å². The quantitative estimate of drug-likeness (QED) is 0.686. The summed E-state index contributed by atoms with van der Waals surface area (Å²) in [6, 6.07) is 0.186. The van der Waals surface area contributed by atoms with Crippen molar-refractivity contribution in [3.05, 3.63) is 0 Å². The molecule has 0 saturated heterocycles. The van der Waals surface area contributed by atoms with Gasteiger partial charge in [-0.05, 0) is 19.8 Å². The predicted molar refractivity (Wildman–Crippen MR) is 72.0 cm³/mol. The zero-order valence-electron chi connectivity index (χ0n) is 11.2. The molecule has 0 aromatic rings. The molecule has 1 rings (SSSR count). The second kappa shape index (κ2) is 8.12. The summed E-state index contributed by atoms with van der Waals surface area (Å²) in [5, 5.41) is 11.9. The molecule has 4 nitrogen and oxygen atoms in total. The SMILES string of the molecule is C#CCNC(=O)C(C)N(CCO)C1CCCCC1. The Bertz CT molecular complexity index is 293. The minimum Gasteiger partial charge on any atom is -0.395 e. The van der Waals surface area contributed by atoms with Crippen molar-refractivity contribution in [2.45, 2.75) is 51.1 Å². The highest BCUT2D eigenvalue weighted by atomic mass is 16.3. The van der Waals surface area contributed by atoms with Crippen LogP contribution in [0, 0.1) is 12.3 Å². The fraction of sp³-hybridized carbons (Fsp3) is 0.786. The van der Waals surface area contributed by atoms with Gasteiger partial charge in [0.15, 0.2) is 0 Å². The van der Waals surface area contributed by atoms with Gasteiger partial charge in [0.25, 0.3) is 0 Å². The highest BCUT2D eigenvalue weighted by Gasteiger charge is 2.28. The highest BCUT2D eigenvalue weighted by Crippen LogP contribution is 2.23. The Hall–Kier alpha value is -1.05. The summed E-state index contributed by atoms with van der Waals surface area (Å²) in [6.07, 6.45) is 11.1. The van der Waals surface area contributed by atoms with E-state index in [0.717, 1.165) is 12.8 Å². The van der Waals surface area contributed by atoms with E-state index in [1.165, 1.54) is 19.3 Å². The Balaban J connectivity index is 2.58. The molecule has 1 aliphatic rings. The molecule has 0 aromatic heterocycles. The molecule has 1 aliphatic carbocycles. The van der Waals surface area contributed by atoms with Crippen molar-refractivity contribution >= 4 is 5.91 Å². The molecule has 0 aliphatic heterocycles. The molecule has 1 atom stereocenters. The van der Waals surface area contributed by atoms with E-state index >= 15 is 0 Å². The summed E-state index contributed by atoms with van der Waals surface area (Å²) in [5.41, 5.74) is 0. The number of nitrogens with one attached hydrogen (secondary N) is 1. The van der Waals surface area contributed by atoms with Crippen LogP contribution in [0.2, 0.25) is 0 Å². The van der Waals surface area contributed by atoms with Gasteiger partial charge in [0.05, 0.1) is 19.2 Å². The van der Waals surface area contributed by atoms with Crippen LogP contribution in [-0.2, 0) is 4.79 Å². The van der Waals surface area contributed by atoms with Gasteiger partial charge >= 0.3 is 0 Å². The largest absolute Gasteiger partial charge is 0.395 e. The Kier molecular flexibility index (Phi) is 6.77. The van der Waals surface area contributed by atoms with Gasteiger partial charge in [0, 0.05) is 12.6 Å². The number of aliphatic hydroxyl groups excluding tert-OH is 1. The summed E-state index contributed by atoms with van der Waals surface area (Å²) in [4.78, 5) is 14.0. The lowest BCUT2D eigenvalue weighted by Gasteiger charge is -2.37. The molecule has 0 spiro atoms. The number of hydrogen-bond acceptors (Lipinski definition) is 3. The Morgan fingerprint density at radius 1 is 1.50 bits per heavy atom. The van der Waals surface area contributed by atoms with Crippen LogP contribution in [0.15, 0.2) is 0 Å². The third-order valence-corrected chi connectivity index (χ3v) is 3.64. The van der Waals surface area contributed by atoms with E-state index in [9.17, 15) is 4.79 Å². The normalized spacial score (nSPS) is 18.3. The maximum atomic E-state index is 11.9. The standard InChI is InChI=1S/C14H24N2O2/c1-3-9-15-14(18)12(2)16(10-11-17)13-7-5-4-6-8-13/h1,12-13,17H,4-11H2,2H3,(H,15,18). The van der Waals surface area contributed by atoms with E-state index < -0.39 is 0 Å². The number of terminal acetylenes is 1. The Morgan fingerprint density at radius 3 is 2.72 bits per heavy atom. The first kappa shape index (κ1) is 15.0. The third-order valence-electron chi connectivity index (χ3n) is 3.64. The molecular weight excluding hydrogens is 228 g/mol. The number of nitrogens with zero attached hydrogens (tertiary/aromatic N) is 1. The van der Waals surface area contributed by atoms with Gasteiger partial charge in [0.2, 0.25) is 5.91 Å². The van der Waals surface area contributed by atoms with Crippen LogP contribution in [0.5, 0.6) is 0 Å². The van der Waals surface area contributed by atoms with E-state index in [1.54, 1.807) is 0 Å². The van der Waals surface area contributed by atoms with Crippen LogP contribution in [0.3, 0.4) is 0 Å². The molecule has 18 heavy (non-hydrogen) atoms. The second-order valence-corrected chi connectivity index (χ2v) is 4.85. The number of rotatable bonds is 6. The molecule has 1 saturated carbocycles. The third kappa shape index (κ3) is 4.32. The minimum atomic E-state index is -0.228. The average molecular weight is 252 g/mol. The fourth-order valence-electron chi connectivity index (χ4n) is 2.66. The molecule has 1 fully saturated rings. The van der Waals surface area contributed by atoms with Crippen molar-refractivity contribution in [2.24, 2.45) is 0 Å². The molecule has 1 unspecified atom stereocenters. The van der Waals surface area contributed by atoms with Crippen molar-refractivity contribution in [1.82, 2.24) is 10.2 Å². The van der Waals surface area contributed by atoms with Gasteiger partial charge in [-0.25, -0.2) is 0 Å². The fourth-order valence-corrected chi connectivity index (χ4v) is 2.66. The maximum absolute atomic E-state index is 11.9. The highest BCUT2D eigenvalue weighted by molar-refractivity contribution is 5.81. The van der Waals surface area contributed by atoms with E-state index in [2.05, 4.69) is 16.1 Å². The first-order valence-corrected chi connectivity index (χ1v) is 6.78. The lowest BCUT2D eigenvalue weighted by molar-refractivity contribution is -0.127. The van der Waals surface area contributed by atoms with Crippen molar-refractivity contribution < 1.29 is 9.90 Å². The van der Waals surface area contributed by atoms with Gasteiger partial charge < -0.3 is 10.4 Å². The van der Waals surface area contributed by atoms with Crippen molar-refractivity contribution in [2.75, 3.05) is 19.7 Å². The molecule has 0 aromatic carbocycles. The monoisotopic (exact) mass is 252 g/mol. The number of amides is 1. The first-order chi connectivity index (χ1) is 8.70. The van der Waals surface area contributed by atoms with Gasteiger partial charge in [-0.3, -0.25) is 9.69 Å². The summed E-state index contributed by atoms with van der Waals surface area (Å²) in [7, 11) is 0. The Labute approximate surface area is 110 Å². The first-order valence-electron chi connectivity index (χ1n) is 6.78. The van der Waals surface area contributed by atoms with E-state index in [-0.39, 0.29) is 25.1 Å². The molecule has 4 heteroatoms. The maximum Gasteiger partial charge on any atom is 0.237 e. The molecule has 2 N–H and O–H groups in total. The predicted octanol–water partition coefficient (Wildman–Crippen LogP) is 0.751. The van der Waals surface area contributed by atoms with Crippen LogP contribution in [-0.4, -0.2) is 47.7 Å². The summed E-state index contributed by atoms with van der Waals surface area (Å²) >= 11 is 0. The van der Waals surface area contributed by atoms with Gasteiger partial charge in [-0.15, -0.1) is 6.42 Å². The van der Waals surface area contributed by atoms with Crippen molar-refractivity contribution in [3.8, 4) is 12.3 Å². The van der Waals surface area contributed by atoms with Crippen LogP contribution < -0.4 is 5.32 Å². The lowest BCUT2D eigenvalue weighted by atomic mass is 9.93. The zero-order valence-corrected chi connectivity index (χ0v) is 11.2. The van der Waals surface area contributed by atoms with Gasteiger partial charge in [-0.1, -0.05) is 25.2 Å². The molecule has 0 radical (unpaired) electrons. The number of hydrogen-bond donors (Lipinski definition) is 2. The van der Waals surface area contributed by atoms with Crippen LogP contribution in [0.4, 0.5) is 0 Å². The summed E-state index contributed by atoms with van der Waals surface area (Å²) in [5.74, 6) is 2.36. The zero-order chi connectivity index (χ0) is 13.4. The molecular formula is C14H24N2O2. The molecule has 0 bridgehead atoms. The smallest absolute Gasteiger partial charge is 0.237 e. The second-order valence-electron chi connectivity index (χ2n) is 4.85. The van der Waals surface area contributed by atoms with Crippen molar-refractivity contribution in [1.29, 1.82) is 0 Å². The van der Waals surface area contributed by atoms with Gasteiger partial charge in [0.1, 0.15) is 0 Å². The molecule has 1 amide bonds. The lowest BCUT2D eigenvalue weighted by Crippen LogP contribution is -2.51. The van der Waals surface area contributed by atoms with E-state index in [1.807, 2.05) is 6.92 Å². The summed E-state index contributed by atoms with van der Waals surface area (Å²) in [6.45, 7) is 2.79. The summed E-state index contributed by atoms with van der Waals surface area (Å²) < 4.78 is 0. The average Bonchev–Trinajstić information content (AvgIpc) is 2.42. The number of carbonyl (C=O) groups excluding carboxylic acids is 1.